The van der Waals surface area contributed by atoms with E-state index in [9.17, 15) is 9.18 Å². The van der Waals surface area contributed by atoms with Crippen molar-refractivity contribution in [3.05, 3.63) is 101 Å². The summed E-state index contributed by atoms with van der Waals surface area (Å²) in [6.45, 7) is 14.2. The molecule has 0 radical (unpaired) electrons. The number of benzene rings is 3. The van der Waals surface area contributed by atoms with E-state index < -0.39 is 6.04 Å². The Kier molecular flexibility index (Phi) is 10.1. The molecule has 3 aromatic carbocycles. The van der Waals surface area contributed by atoms with E-state index in [-0.39, 0.29) is 17.5 Å². The molecule has 0 bridgehead atoms. The highest BCUT2D eigenvalue weighted by Crippen LogP contribution is 2.27. The molecule has 11 nitrogen and oxygen atoms in total. The molecular formula is C35H37FN10O. The Hall–Kier alpha value is -5.25. The minimum absolute atomic E-state index is 0.00890. The van der Waals surface area contributed by atoms with Gasteiger partial charge in [-0.25, -0.2) is 9.24 Å². The lowest BCUT2D eigenvalue weighted by atomic mass is 10.0. The molecule has 12 heteroatoms. The number of halogens is 1. The Bertz CT molecular complexity index is 1800. The lowest BCUT2D eigenvalue weighted by Gasteiger charge is -2.27. The minimum Gasteiger partial charge on any atom is -0.349 e. The number of aromatic nitrogens is 3. The highest BCUT2D eigenvalue weighted by Gasteiger charge is 2.21. The van der Waals surface area contributed by atoms with Crippen molar-refractivity contribution in [2.45, 2.75) is 38.8 Å². The first-order valence-corrected chi connectivity index (χ1v) is 15.8. The van der Waals surface area contributed by atoms with Gasteiger partial charge in [-0.05, 0) is 47.4 Å². The molecule has 1 atom stereocenters. The third-order valence-electron chi connectivity index (χ3n) is 8.15. The topological polar surface area (TPSA) is 124 Å². The molecule has 0 aliphatic carbocycles. The lowest BCUT2D eigenvalue weighted by Crippen LogP contribution is -2.42. The number of rotatable bonds is 13. The van der Waals surface area contributed by atoms with Crippen LogP contribution in [0.5, 0.6) is 0 Å². The molecule has 2 aliphatic heterocycles. The number of anilines is 4. The molecule has 0 unspecified atom stereocenters. The van der Waals surface area contributed by atoms with Crippen molar-refractivity contribution in [2.24, 2.45) is 4.99 Å². The van der Waals surface area contributed by atoms with E-state index in [1.165, 1.54) is 17.7 Å². The van der Waals surface area contributed by atoms with Crippen LogP contribution in [0.1, 0.15) is 30.0 Å². The van der Waals surface area contributed by atoms with Crippen molar-refractivity contribution >= 4 is 46.4 Å². The number of piperazine rings is 1. The van der Waals surface area contributed by atoms with Crippen LogP contribution in [0.2, 0.25) is 0 Å². The van der Waals surface area contributed by atoms with Crippen LogP contribution >= 0.6 is 0 Å². The van der Waals surface area contributed by atoms with Crippen molar-refractivity contribution in [1.29, 1.82) is 0 Å². The average molecular weight is 633 g/mol. The highest BCUT2D eigenvalue weighted by molar-refractivity contribution is 5.96. The molecule has 1 saturated heterocycles. The van der Waals surface area contributed by atoms with Crippen LogP contribution in [0.3, 0.4) is 0 Å². The zero-order chi connectivity index (χ0) is 32.6. The summed E-state index contributed by atoms with van der Waals surface area (Å²) in [6.07, 6.45) is 1.34. The molecule has 4 N–H and O–H groups in total. The highest BCUT2D eigenvalue weighted by atomic mass is 19.1. The van der Waals surface area contributed by atoms with Crippen molar-refractivity contribution < 1.29 is 9.18 Å². The first kappa shape index (κ1) is 31.7. The Labute approximate surface area is 273 Å². The molecule has 2 aliphatic rings. The van der Waals surface area contributed by atoms with Crippen LogP contribution in [0.15, 0.2) is 71.7 Å². The molecule has 0 spiro atoms. The lowest BCUT2D eigenvalue weighted by molar-refractivity contribution is -0.119. The summed E-state index contributed by atoms with van der Waals surface area (Å²) in [4.78, 5) is 37.4. The van der Waals surface area contributed by atoms with Crippen molar-refractivity contribution in [3.63, 3.8) is 0 Å². The Morgan fingerprint density at radius 1 is 1.00 bits per heavy atom. The van der Waals surface area contributed by atoms with Crippen LogP contribution in [0.4, 0.5) is 39.3 Å². The minimum atomic E-state index is -0.590. The molecule has 3 heterocycles. The van der Waals surface area contributed by atoms with Crippen LogP contribution < -0.4 is 21.3 Å². The second-order valence-electron chi connectivity index (χ2n) is 11.6. The van der Waals surface area contributed by atoms with Crippen molar-refractivity contribution in [3.8, 4) is 0 Å². The molecule has 4 aromatic rings. The number of nitrogens with zero attached hydrogens (tertiary/aromatic N) is 6. The quantitative estimate of drug-likeness (QED) is 0.142. The van der Waals surface area contributed by atoms with Crippen LogP contribution in [-0.2, 0) is 24.2 Å². The van der Waals surface area contributed by atoms with Crippen LogP contribution in [-0.4, -0.2) is 70.1 Å². The summed E-state index contributed by atoms with van der Waals surface area (Å²) in [5, 5.41) is 13.2. The maximum absolute atomic E-state index is 13.7. The zero-order valence-corrected chi connectivity index (χ0v) is 26.3. The van der Waals surface area contributed by atoms with Crippen LogP contribution in [0.25, 0.3) is 4.85 Å². The van der Waals surface area contributed by atoms with E-state index in [0.29, 0.717) is 49.1 Å². The smallest absolute Gasteiger partial charge is 0.233 e. The summed E-state index contributed by atoms with van der Waals surface area (Å²) in [5.41, 5.74) is 5.90. The number of carbonyl (C=O) groups excluding carboxylic acids is 1. The van der Waals surface area contributed by atoms with Gasteiger partial charge < -0.3 is 21.3 Å². The van der Waals surface area contributed by atoms with Gasteiger partial charge >= 0.3 is 0 Å². The van der Waals surface area contributed by atoms with Gasteiger partial charge in [-0.15, -0.1) is 0 Å². The normalized spacial score (nSPS) is 14.9. The van der Waals surface area contributed by atoms with Crippen molar-refractivity contribution in [2.75, 3.05) is 48.7 Å². The second-order valence-corrected chi connectivity index (χ2v) is 11.6. The fourth-order valence-corrected chi connectivity index (χ4v) is 5.67. The molecule has 0 saturated carbocycles. The van der Waals surface area contributed by atoms with Gasteiger partial charge in [0.1, 0.15) is 5.82 Å². The van der Waals surface area contributed by atoms with Gasteiger partial charge in [0.05, 0.1) is 24.8 Å². The molecule has 6 rings (SSSR count). The van der Waals surface area contributed by atoms with E-state index in [4.69, 9.17) is 6.57 Å². The summed E-state index contributed by atoms with van der Waals surface area (Å²) < 4.78 is 13.7. The number of Topliss-reactive ketones (excluding diaryl/α,β-unsaturated/α-hetero) is 1. The van der Waals surface area contributed by atoms with Gasteiger partial charge in [0.25, 0.3) is 0 Å². The van der Waals surface area contributed by atoms with Gasteiger partial charge in [0, 0.05) is 57.0 Å². The number of ketones is 1. The third-order valence-corrected chi connectivity index (χ3v) is 8.15. The van der Waals surface area contributed by atoms with Crippen molar-refractivity contribution in [1.82, 2.24) is 25.2 Å². The molecule has 47 heavy (non-hydrogen) atoms. The van der Waals surface area contributed by atoms with E-state index in [2.05, 4.69) is 63.1 Å². The number of hydrogen-bond donors (Lipinski definition) is 4. The summed E-state index contributed by atoms with van der Waals surface area (Å²) in [6, 6.07) is 19.4. The SMILES string of the molecule is [C-]#[N+]c1ccc(C[C@H](Nc2nc(NCC3=Nc4cc(F)ccc4C3)nc(Nc3cccc(CN4CCNCC4)c3)n2)C(=O)CC)cc1. The first-order valence-electron chi connectivity index (χ1n) is 15.8. The fraction of sp³-hybridized carbons (Fsp3) is 0.314. The molecule has 1 fully saturated rings. The van der Waals surface area contributed by atoms with Gasteiger partial charge in [0.2, 0.25) is 17.8 Å². The summed E-state index contributed by atoms with van der Waals surface area (Å²) in [5.74, 6) is 0.545. The number of hydrogen-bond acceptors (Lipinski definition) is 10. The second kappa shape index (κ2) is 14.9. The maximum atomic E-state index is 13.7. The number of carbonyl (C=O) groups is 1. The van der Waals surface area contributed by atoms with E-state index in [1.807, 2.05) is 31.2 Å². The maximum Gasteiger partial charge on any atom is 0.233 e. The van der Waals surface area contributed by atoms with Gasteiger partial charge in [0.15, 0.2) is 11.5 Å². The standard InChI is InChI=1S/C35H37FN10O/c1-3-32(47)31(18-23-7-11-27(37-2)12-8-23)42-35-44-33(39-21-29-19-25-9-10-26(36)20-30(25)40-29)43-34(45-35)41-28-6-4-5-24(17-28)22-46-15-13-38-14-16-46/h4-12,17,20,31,38H,3,13-16,18-19,21-22H2,1H3,(H3,39,41,42,43,44,45)/t31-/m0/s1. The molecular weight excluding hydrogens is 595 g/mol. The van der Waals surface area contributed by atoms with Gasteiger partial charge in [-0.3, -0.25) is 14.7 Å². The zero-order valence-electron chi connectivity index (χ0n) is 26.3. The Morgan fingerprint density at radius 2 is 1.79 bits per heavy atom. The van der Waals surface area contributed by atoms with Crippen LogP contribution in [0, 0.1) is 12.4 Å². The Balaban J connectivity index is 1.23. The van der Waals surface area contributed by atoms with Gasteiger partial charge in [-0.1, -0.05) is 49.4 Å². The first-order chi connectivity index (χ1) is 22.9. The van der Waals surface area contributed by atoms with Gasteiger partial charge in [-0.2, -0.15) is 15.0 Å². The van der Waals surface area contributed by atoms with E-state index in [0.717, 1.165) is 55.2 Å². The van der Waals surface area contributed by atoms with E-state index in [1.54, 1.807) is 18.2 Å². The molecule has 0 amide bonds. The molecule has 240 valence electrons. The third kappa shape index (κ3) is 8.52. The predicted molar refractivity (Wildman–Crippen MR) is 183 cm³/mol. The summed E-state index contributed by atoms with van der Waals surface area (Å²) >= 11 is 0. The summed E-state index contributed by atoms with van der Waals surface area (Å²) in [7, 11) is 0. The number of aliphatic imine (C=N–C) groups is 1. The van der Waals surface area contributed by atoms with E-state index >= 15 is 0 Å². The average Bonchev–Trinajstić information content (AvgIpc) is 3.49. The molecule has 1 aromatic heterocycles. The fourth-order valence-electron chi connectivity index (χ4n) is 5.67. The largest absolute Gasteiger partial charge is 0.349 e. The predicted octanol–water partition coefficient (Wildman–Crippen LogP) is 5.45. The number of nitrogens with one attached hydrogen (secondary N) is 4. The Morgan fingerprint density at radius 3 is 2.57 bits per heavy atom. The number of fused-ring (bicyclic) bond motifs is 1. The monoisotopic (exact) mass is 632 g/mol.